The van der Waals surface area contributed by atoms with Gasteiger partial charge in [0.2, 0.25) is 11.8 Å². The molecule has 0 spiro atoms. The maximum absolute atomic E-state index is 11.2. The molecule has 1 atom stereocenters. The maximum Gasteiger partial charge on any atom is 0.318 e. The number of anilines is 1. The predicted octanol–water partition coefficient (Wildman–Crippen LogP) is -0.0777. The van der Waals surface area contributed by atoms with Crippen molar-refractivity contribution < 1.29 is 9.21 Å². The van der Waals surface area contributed by atoms with E-state index in [0.29, 0.717) is 11.9 Å². The largest absolute Gasteiger partial charge is 0.406 e. The fourth-order valence-corrected chi connectivity index (χ4v) is 1.31. The zero-order valence-corrected chi connectivity index (χ0v) is 10.6. The molecule has 1 aromatic heterocycles. The van der Waals surface area contributed by atoms with Crippen LogP contribution in [0.4, 0.5) is 6.01 Å². The number of aromatic nitrogens is 2. The summed E-state index contributed by atoms with van der Waals surface area (Å²) in [7, 11) is 3.31. The van der Waals surface area contributed by atoms with Gasteiger partial charge in [-0.3, -0.25) is 4.79 Å². The van der Waals surface area contributed by atoms with Crippen molar-refractivity contribution in [2.45, 2.75) is 19.9 Å². The topological polar surface area (TPSA) is 83.3 Å². The van der Waals surface area contributed by atoms with Gasteiger partial charge in [0.15, 0.2) is 0 Å². The number of nitrogens with one attached hydrogen (secondary N) is 2. The lowest BCUT2D eigenvalue weighted by atomic mass is 10.3. The fraction of sp³-hybridized carbons (Fsp3) is 0.700. The third kappa shape index (κ3) is 3.70. The molecule has 1 amide bonds. The standard InChI is InChI=1S/C10H19N5O2/c1-5-12-7(2)9-13-14-10(17-9)15(4)6-8(16)11-3/h7,12H,5-6H2,1-4H3,(H,11,16). The number of carbonyl (C=O) groups excluding carboxylic acids is 1. The number of amides is 1. The second-order valence-corrected chi connectivity index (χ2v) is 3.73. The van der Waals surface area contributed by atoms with Crippen molar-refractivity contribution in [2.75, 3.05) is 32.1 Å². The van der Waals surface area contributed by atoms with Gasteiger partial charge in [0.25, 0.3) is 0 Å². The van der Waals surface area contributed by atoms with Gasteiger partial charge in [-0.05, 0) is 13.5 Å². The summed E-state index contributed by atoms with van der Waals surface area (Å²) in [5.41, 5.74) is 0. The van der Waals surface area contributed by atoms with Gasteiger partial charge in [0.1, 0.15) is 6.54 Å². The lowest BCUT2D eigenvalue weighted by Gasteiger charge is -2.12. The number of hydrogen-bond donors (Lipinski definition) is 2. The molecule has 96 valence electrons. The molecule has 0 aliphatic heterocycles. The van der Waals surface area contributed by atoms with Crippen LogP contribution in [0.5, 0.6) is 0 Å². The van der Waals surface area contributed by atoms with Crippen LogP contribution in [0.1, 0.15) is 25.8 Å². The van der Waals surface area contributed by atoms with E-state index in [1.54, 1.807) is 19.0 Å². The number of hydrogen-bond acceptors (Lipinski definition) is 6. The van der Waals surface area contributed by atoms with Crippen LogP contribution < -0.4 is 15.5 Å². The van der Waals surface area contributed by atoms with Crippen molar-refractivity contribution in [3.63, 3.8) is 0 Å². The summed E-state index contributed by atoms with van der Waals surface area (Å²) in [6, 6.07) is 0.350. The van der Waals surface area contributed by atoms with Crippen molar-refractivity contribution in [3.8, 4) is 0 Å². The van der Waals surface area contributed by atoms with Gasteiger partial charge in [-0.1, -0.05) is 12.0 Å². The zero-order valence-electron chi connectivity index (χ0n) is 10.6. The molecule has 17 heavy (non-hydrogen) atoms. The van der Waals surface area contributed by atoms with E-state index in [0.717, 1.165) is 6.54 Å². The molecule has 0 fully saturated rings. The molecule has 2 N–H and O–H groups in total. The fourth-order valence-electron chi connectivity index (χ4n) is 1.31. The molecule has 7 nitrogen and oxygen atoms in total. The average molecular weight is 241 g/mol. The van der Waals surface area contributed by atoms with Crippen LogP contribution in [-0.4, -0.2) is 43.3 Å². The highest BCUT2D eigenvalue weighted by Crippen LogP contribution is 2.15. The highest BCUT2D eigenvalue weighted by Gasteiger charge is 2.16. The minimum Gasteiger partial charge on any atom is -0.406 e. The van der Waals surface area contributed by atoms with E-state index >= 15 is 0 Å². The molecule has 0 bridgehead atoms. The van der Waals surface area contributed by atoms with E-state index in [9.17, 15) is 4.79 Å². The molecule has 0 radical (unpaired) electrons. The normalized spacial score (nSPS) is 12.2. The molecule has 1 unspecified atom stereocenters. The first-order chi connectivity index (χ1) is 8.08. The molecule has 0 aromatic carbocycles. The SMILES string of the molecule is CCNC(C)c1nnc(N(C)CC(=O)NC)o1. The summed E-state index contributed by atoms with van der Waals surface area (Å²) < 4.78 is 5.47. The van der Waals surface area contributed by atoms with E-state index in [1.165, 1.54) is 0 Å². The summed E-state index contributed by atoms with van der Waals surface area (Å²) in [6.07, 6.45) is 0. The average Bonchev–Trinajstić information content (AvgIpc) is 2.78. The van der Waals surface area contributed by atoms with Crippen LogP contribution in [0, 0.1) is 0 Å². The smallest absolute Gasteiger partial charge is 0.318 e. The molecule has 0 aliphatic carbocycles. The molecular formula is C10H19N5O2. The van der Waals surface area contributed by atoms with Crippen molar-refractivity contribution in [1.82, 2.24) is 20.8 Å². The quantitative estimate of drug-likeness (QED) is 0.725. The number of nitrogens with zero attached hydrogens (tertiary/aromatic N) is 3. The molecule has 1 heterocycles. The Hall–Kier alpha value is -1.63. The van der Waals surface area contributed by atoms with E-state index in [1.807, 2.05) is 13.8 Å². The molecule has 1 aromatic rings. The Bertz CT molecular complexity index is 365. The molecule has 0 saturated heterocycles. The molecule has 7 heteroatoms. The van der Waals surface area contributed by atoms with Crippen molar-refractivity contribution in [1.29, 1.82) is 0 Å². The summed E-state index contributed by atoms with van der Waals surface area (Å²) >= 11 is 0. The Morgan fingerprint density at radius 1 is 1.53 bits per heavy atom. The number of rotatable bonds is 6. The molecular weight excluding hydrogens is 222 g/mol. The molecule has 1 rings (SSSR count). The Labute approximate surface area is 101 Å². The second-order valence-electron chi connectivity index (χ2n) is 3.73. The third-order valence-corrected chi connectivity index (χ3v) is 2.30. The van der Waals surface area contributed by atoms with Gasteiger partial charge in [-0.25, -0.2) is 0 Å². The molecule has 0 saturated carbocycles. The maximum atomic E-state index is 11.2. The van der Waals surface area contributed by atoms with Gasteiger partial charge >= 0.3 is 6.01 Å². The predicted molar refractivity (Wildman–Crippen MR) is 63.7 cm³/mol. The van der Waals surface area contributed by atoms with Gasteiger partial charge < -0.3 is 20.0 Å². The number of carbonyl (C=O) groups is 1. The van der Waals surface area contributed by atoms with Gasteiger partial charge in [0.05, 0.1) is 6.04 Å². The van der Waals surface area contributed by atoms with Crippen molar-refractivity contribution in [3.05, 3.63) is 5.89 Å². The lowest BCUT2D eigenvalue weighted by Crippen LogP contribution is -2.33. The third-order valence-electron chi connectivity index (χ3n) is 2.30. The summed E-state index contributed by atoms with van der Waals surface area (Å²) in [5, 5.41) is 13.5. The van der Waals surface area contributed by atoms with Crippen LogP contribution in [0.2, 0.25) is 0 Å². The summed E-state index contributed by atoms with van der Waals surface area (Å²) in [5.74, 6) is 0.414. The van der Waals surface area contributed by atoms with Crippen molar-refractivity contribution >= 4 is 11.9 Å². The van der Waals surface area contributed by atoms with Gasteiger partial charge in [0, 0.05) is 14.1 Å². The first kappa shape index (κ1) is 13.4. The van der Waals surface area contributed by atoms with E-state index in [2.05, 4.69) is 20.8 Å². The van der Waals surface area contributed by atoms with Crippen LogP contribution >= 0.6 is 0 Å². The second kappa shape index (κ2) is 6.19. The Morgan fingerprint density at radius 2 is 2.24 bits per heavy atom. The van der Waals surface area contributed by atoms with Crippen LogP contribution in [0.15, 0.2) is 4.42 Å². The highest BCUT2D eigenvalue weighted by molar-refractivity contribution is 5.80. The van der Waals surface area contributed by atoms with Gasteiger partial charge in [-0.15, -0.1) is 5.10 Å². The van der Waals surface area contributed by atoms with E-state index in [-0.39, 0.29) is 18.5 Å². The number of likely N-dealkylation sites (N-methyl/N-ethyl adjacent to an activating group) is 2. The summed E-state index contributed by atoms with van der Waals surface area (Å²) in [6.45, 7) is 4.96. The Morgan fingerprint density at radius 3 is 2.82 bits per heavy atom. The lowest BCUT2D eigenvalue weighted by molar-refractivity contribution is -0.119. The monoisotopic (exact) mass is 241 g/mol. The van der Waals surface area contributed by atoms with Crippen LogP contribution in [0.3, 0.4) is 0 Å². The minimum atomic E-state index is -0.105. The Balaban J connectivity index is 2.63. The zero-order chi connectivity index (χ0) is 12.8. The first-order valence-electron chi connectivity index (χ1n) is 5.57. The first-order valence-corrected chi connectivity index (χ1v) is 5.57. The van der Waals surface area contributed by atoms with Crippen LogP contribution in [0.25, 0.3) is 0 Å². The van der Waals surface area contributed by atoms with E-state index in [4.69, 9.17) is 4.42 Å². The van der Waals surface area contributed by atoms with Gasteiger partial charge in [-0.2, -0.15) is 0 Å². The highest BCUT2D eigenvalue weighted by atomic mass is 16.4. The van der Waals surface area contributed by atoms with Crippen LogP contribution in [-0.2, 0) is 4.79 Å². The van der Waals surface area contributed by atoms with E-state index < -0.39 is 0 Å². The van der Waals surface area contributed by atoms with Crippen molar-refractivity contribution in [2.24, 2.45) is 0 Å². The summed E-state index contributed by atoms with van der Waals surface area (Å²) in [4.78, 5) is 12.8. The minimum absolute atomic E-state index is 0.00894. The molecule has 0 aliphatic rings. The Kier molecular flexibility index (Phi) is 4.89.